The lowest BCUT2D eigenvalue weighted by Gasteiger charge is -2.21. The summed E-state index contributed by atoms with van der Waals surface area (Å²) in [5, 5.41) is 0. The molecular formula is C9H13BrN4O2S. The lowest BCUT2D eigenvalue weighted by molar-refractivity contribution is 0.597. The molecule has 0 amide bonds. The maximum absolute atomic E-state index is 11.5. The van der Waals surface area contributed by atoms with Crippen LogP contribution in [0.1, 0.15) is 6.42 Å². The molecule has 2 heterocycles. The van der Waals surface area contributed by atoms with Gasteiger partial charge in [-0.15, -0.1) is 0 Å². The van der Waals surface area contributed by atoms with Gasteiger partial charge in [0.05, 0.1) is 16.0 Å². The van der Waals surface area contributed by atoms with E-state index in [-0.39, 0.29) is 17.5 Å². The van der Waals surface area contributed by atoms with Gasteiger partial charge in [0.2, 0.25) is 5.95 Å². The number of hydrogen-bond acceptors (Lipinski definition) is 6. The van der Waals surface area contributed by atoms with Crippen molar-refractivity contribution in [1.82, 2.24) is 9.97 Å². The predicted molar refractivity (Wildman–Crippen MR) is 69.6 cm³/mol. The van der Waals surface area contributed by atoms with Gasteiger partial charge in [-0.25, -0.2) is 13.4 Å². The fourth-order valence-electron chi connectivity index (χ4n) is 1.74. The van der Waals surface area contributed by atoms with Gasteiger partial charge in [0.25, 0.3) is 0 Å². The highest BCUT2D eigenvalue weighted by Crippen LogP contribution is 2.24. The topological polar surface area (TPSA) is 89.2 Å². The van der Waals surface area contributed by atoms with E-state index in [2.05, 4.69) is 25.9 Å². The van der Waals surface area contributed by atoms with E-state index < -0.39 is 9.84 Å². The molecule has 1 aromatic heterocycles. The number of anilines is 2. The normalized spacial score (nSPS) is 19.9. The largest absolute Gasteiger partial charge is 0.368 e. The van der Waals surface area contributed by atoms with Gasteiger partial charge >= 0.3 is 0 Å². The zero-order chi connectivity index (χ0) is 12.5. The average molecular weight is 321 g/mol. The van der Waals surface area contributed by atoms with E-state index in [0.29, 0.717) is 25.3 Å². The average Bonchev–Trinajstić information content (AvgIpc) is 2.43. The van der Waals surface area contributed by atoms with E-state index >= 15 is 0 Å². The minimum Gasteiger partial charge on any atom is -0.368 e. The molecule has 6 nitrogen and oxygen atoms in total. The molecule has 0 atom stereocenters. The number of nitrogen functional groups attached to an aromatic ring is 1. The lowest BCUT2D eigenvalue weighted by atomic mass is 10.4. The molecule has 0 aliphatic carbocycles. The van der Waals surface area contributed by atoms with Crippen molar-refractivity contribution in [2.24, 2.45) is 0 Å². The summed E-state index contributed by atoms with van der Waals surface area (Å²) in [4.78, 5) is 9.92. The second kappa shape index (κ2) is 4.77. The zero-order valence-corrected chi connectivity index (χ0v) is 11.5. The van der Waals surface area contributed by atoms with Crippen LogP contribution in [-0.4, -0.2) is 43.0 Å². The molecule has 17 heavy (non-hydrogen) atoms. The van der Waals surface area contributed by atoms with Crippen LogP contribution in [0, 0.1) is 0 Å². The van der Waals surface area contributed by atoms with Crippen LogP contribution in [0.25, 0.3) is 0 Å². The highest BCUT2D eigenvalue weighted by atomic mass is 79.9. The van der Waals surface area contributed by atoms with E-state index in [9.17, 15) is 8.42 Å². The molecule has 0 bridgehead atoms. The molecule has 1 aliphatic heterocycles. The number of nitrogens with zero attached hydrogens (tertiary/aromatic N) is 3. The Kier molecular flexibility index (Phi) is 3.53. The van der Waals surface area contributed by atoms with Crippen LogP contribution < -0.4 is 10.6 Å². The molecule has 2 N–H and O–H groups in total. The van der Waals surface area contributed by atoms with Gasteiger partial charge in [-0.1, -0.05) is 0 Å². The fourth-order valence-corrected chi connectivity index (χ4v) is 3.46. The standard InChI is InChI=1S/C9H13BrN4O2S/c10-7-6-12-9(11)13-8(7)14-2-1-4-17(15,16)5-3-14/h6H,1-5H2,(H2,11,12,13). The first-order chi connectivity index (χ1) is 7.98. The third kappa shape index (κ3) is 3.06. The van der Waals surface area contributed by atoms with Gasteiger partial charge in [0.1, 0.15) is 5.82 Å². The maximum atomic E-state index is 11.5. The van der Waals surface area contributed by atoms with Gasteiger partial charge in [0.15, 0.2) is 9.84 Å². The monoisotopic (exact) mass is 320 g/mol. The van der Waals surface area contributed by atoms with Crippen molar-refractivity contribution >= 4 is 37.5 Å². The summed E-state index contributed by atoms with van der Waals surface area (Å²) in [6, 6.07) is 0. The molecule has 8 heteroatoms. The number of rotatable bonds is 1. The Morgan fingerprint density at radius 3 is 2.88 bits per heavy atom. The molecule has 1 aromatic rings. The summed E-state index contributed by atoms with van der Waals surface area (Å²) in [7, 11) is -2.91. The first-order valence-corrected chi connectivity index (χ1v) is 7.83. The molecule has 0 spiro atoms. The van der Waals surface area contributed by atoms with E-state index in [1.54, 1.807) is 6.20 Å². The third-order valence-electron chi connectivity index (χ3n) is 2.60. The smallest absolute Gasteiger partial charge is 0.222 e. The number of sulfone groups is 1. The quantitative estimate of drug-likeness (QED) is 0.808. The van der Waals surface area contributed by atoms with E-state index in [4.69, 9.17) is 5.73 Å². The molecule has 2 rings (SSSR count). The van der Waals surface area contributed by atoms with Crippen molar-refractivity contribution in [3.05, 3.63) is 10.7 Å². The van der Waals surface area contributed by atoms with Gasteiger partial charge in [0, 0.05) is 19.3 Å². The summed E-state index contributed by atoms with van der Waals surface area (Å²) in [5.74, 6) is 1.25. The predicted octanol–water partition coefficient (Wildman–Crippen LogP) is 0.446. The SMILES string of the molecule is Nc1ncc(Br)c(N2CCCS(=O)(=O)CC2)n1. The third-order valence-corrected chi connectivity index (χ3v) is 4.87. The van der Waals surface area contributed by atoms with Crippen molar-refractivity contribution in [2.75, 3.05) is 35.2 Å². The molecule has 0 radical (unpaired) electrons. The van der Waals surface area contributed by atoms with Gasteiger partial charge < -0.3 is 10.6 Å². The van der Waals surface area contributed by atoms with Crippen molar-refractivity contribution in [2.45, 2.75) is 6.42 Å². The molecule has 1 fully saturated rings. The summed E-state index contributed by atoms with van der Waals surface area (Å²) < 4.78 is 23.7. The molecule has 94 valence electrons. The van der Waals surface area contributed by atoms with Crippen LogP contribution in [0.3, 0.4) is 0 Å². The number of aromatic nitrogens is 2. The Hall–Kier alpha value is -0.890. The Morgan fingerprint density at radius 2 is 2.12 bits per heavy atom. The number of hydrogen-bond donors (Lipinski definition) is 1. The molecule has 1 saturated heterocycles. The summed E-state index contributed by atoms with van der Waals surface area (Å²) in [6.07, 6.45) is 2.19. The minimum absolute atomic E-state index is 0.156. The minimum atomic E-state index is -2.91. The van der Waals surface area contributed by atoms with Crippen LogP contribution in [0.15, 0.2) is 10.7 Å². The molecular weight excluding hydrogens is 308 g/mol. The van der Waals surface area contributed by atoms with Crippen LogP contribution >= 0.6 is 15.9 Å². The molecule has 0 aromatic carbocycles. The van der Waals surface area contributed by atoms with Gasteiger partial charge in [-0.05, 0) is 22.4 Å². The highest BCUT2D eigenvalue weighted by molar-refractivity contribution is 9.10. The Balaban J connectivity index is 2.25. The Labute approximate surface area is 108 Å². The second-order valence-corrected chi connectivity index (χ2v) is 7.05. The number of nitrogens with two attached hydrogens (primary N) is 1. The van der Waals surface area contributed by atoms with Gasteiger partial charge in [-0.3, -0.25) is 0 Å². The highest BCUT2D eigenvalue weighted by Gasteiger charge is 2.21. The zero-order valence-electron chi connectivity index (χ0n) is 9.13. The van der Waals surface area contributed by atoms with Crippen molar-refractivity contribution < 1.29 is 8.42 Å². The fraction of sp³-hybridized carbons (Fsp3) is 0.556. The Bertz CT molecular complexity index is 520. The maximum Gasteiger partial charge on any atom is 0.222 e. The van der Waals surface area contributed by atoms with Crippen LogP contribution in [0.2, 0.25) is 0 Å². The van der Waals surface area contributed by atoms with Crippen molar-refractivity contribution in [3.8, 4) is 0 Å². The first kappa shape index (κ1) is 12.6. The summed E-state index contributed by atoms with van der Waals surface area (Å²) in [5.41, 5.74) is 5.54. The summed E-state index contributed by atoms with van der Waals surface area (Å²) >= 11 is 3.35. The molecule has 1 aliphatic rings. The summed E-state index contributed by atoms with van der Waals surface area (Å²) in [6.45, 7) is 1.10. The van der Waals surface area contributed by atoms with E-state index in [0.717, 1.165) is 4.47 Å². The van der Waals surface area contributed by atoms with E-state index in [1.807, 2.05) is 4.90 Å². The molecule has 0 saturated carbocycles. The second-order valence-electron chi connectivity index (χ2n) is 3.89. The Morgan fingerprint density at radius 1 is 1.35 bits per heavy atom. The van der Waals surface area contributed by atoms with Crippen molar-refractivity contribution in [1.29, 1.82) is 0 Å². The number of halogens is 1. The van der Waals surface area contributed by atoms with Crippen LogP contribution in [0.5, 0.6) is 0 Å². The van der Waals surface area contributed by atoms with Crippen LogP contribution in [0.4, 0.5) is 11.8 Å². The first-order valence-electron chi connectivity index (χ1n) is 5.21. The van der Waals surface area contributed by atoms with Crippen molar-refractivity contribution in [3.63, 3.8) is 0 Å². The molecule has 0 unspecified atom stereocenters. The van der Waals surface area contributed by atoms with E-state index in [1.165, 1.54) is 0 Å². The lowest BCUT2D eigenvalue weighted by Crippen LogP contribution is -2.28. The van der Waals surface area contributed by atoms with Gasteiger partial charge in [-0.2, -0.15) is 4.98 Å². The van der Waals surface area contributed by atoms with Crippen LogP contribution in [-0.2, 0) is 9.84 Å².